The van der Waals surface area contributed by atoms with Gasteiger partial charge < -0.3 is 10.2 Å². The Bertz CT molecular complexity index is 335. The lowest BCUT2D eigenvalue weighted by Crippen LogP contribution is -2.45. The number of carbonyl (C=O) groups excluding carboxylic acids is 1. The highest BCUT2D eigenvalue weighted by molar-refractivity contribution is 5.80. The van der Waals surface area contributed by atoms with Gasteiger partial charge in [-0.15, -0.1) is 0 Å². The Morgan fingerprint density at radius 2 is 1.82 bits per heavy atom. The number of hydrogen-bond acceptors (Lipinski definition) is 3. The molecule has 1 heterocycles. The third-order valence-electron chi connectivity index (χ3n) is 5.95. The van der Waals surface area contributed by atoms with Crippen molar-refractivity contribution in [3.63, 3.8) is 0 Å². The Balaban J connectivity index is 1.65. The molecule has 1 saturated heterocycles. The third kappa shape index (κ3) is 5.06. The average Bonchev–Trinajstić information content (AvgIpc) is 2.52. The van der Waals surface area contributed by atoms with Crippen molar-refractivity contribution >= 4 is 5.78 Å². The van der Waals surface area contributed by atoms with Crippen LogP contribution in [-0.2, 0) is 4.79 Å². The lowest BCUT2D eigenvalue weighted by molar-refractivity contribution is -0.121. The molecule has 0 aromatic rings. The maximum Gasteiger partial charge on any atom is 0.136 e. The standard InChI is InChI=1S/C19H36N2O/c1-4-13-21-14-10-19(11-15-21)8-5-17(6-9-19)20-12-7-18(22)16(2)3/h16-17,20H,4-15H2,1-3H3. The summed E-state index contributed by atoms with van der Waals surface area (Å²) in [5, 5.41) is 3.63. The van der Waals surface area contributed by atoms with Crippen LogP contribution in [0.4, 0.5) is 0 Å². The molecule has 2 aliphatic rings. The number of Topliss-reactive ketones (excluding diaryl/α,β-unsaturated/α-hetero) is 1. The van der Waals surface area contributed by atoms with Gasteiger partial charge in [-0.3, -0.25) is 4.79 Å². The number of piperidine rings is 1. The second-order valence-electron chi connectivity index (χ2n) is 7.94. The maximum atomic E-state index is 11.7. The first kappa shape index (κ1) is 17.9. The number of carbonyl (C=O) groups is 1. The van der Waals surface area contributed by atoms with Crippen molar-refractivity contribution < 1.29 is 4.79 Å². The van der Waals surface area contributed by atoms with Crippen LogP contribution in [0.25, 0.3) is 0 Å². The Labute approximate surface area is 137 Å². The first-order valence-corrected chi connectivity index (χ1v) is 9.53. The molecular formula is C19H36N2O. The van der Waals surface area contributed by atoms with Gasteiger partial charge in [0.05, 0.1) is 0 Å². The summed E-state index contributed by atoms with van der Waals surface area (Å²) in [7, 11) is 0. The summed E-state index contributed by atoms with van der Waals surface area (Å²) in [5.74, 6) is 0.577. The van der Waals surface area contributed by atoms with Gasteiger partial charge in [0, 0.05) is 24.9 Å². The normalized spacial score (nSPS) is 23.3. The third-order valence-corrected chi connectivity index (χ3v) is 5.95. The van der Waals surface area contributed by atoms with Crippen molar-refractivity contribution in [1.82, 2.24) is 10.2 Å². The van der Waals surface area contributed by atoms with E-state index >= 15 is 0 Å². The molecule has 128 valence electrons. The topological polar surface area (TPSA) is 32.3 Å². The highest BCUT2D eigenvalue weighted by Gasteiger charge is 2.37. The molecule has 1 spiro atoms. The van der Waals surface area contributed by atoms with Crippen LogP contribution in [0.15, 0.2) is 0 Å². The Kier molecular flexibility index (Phi) is 6.88. The van der Waals surface area contributed by atoms with Crippen molar-refractivity contribution in [3.05, 3.63) is 0 Å². The molecule has 0 unspecified atom stereocenters. The zero-order chi connectivity index (χ0) is 16.0. The number of ketones is 1. The predicted molar refractivity (Wildman–Crippen MR) is 93.1 cm³/mol. The largest absolute Gasteiger partial charge is 0.314 e. The quantitative estimate of drug-likeness (QED) is 0.779. The smallest absolute Gasteiger partial charge is 0.136 e. The summed E-state index contributed by atoms with van der Waals surface area (Å²) in [5.41, 5.74) is 0.649. The maximum absolute atomic E-state index is 11.7. The number of hydrogen-bond donors (Lipinski definition) is 1. The molecule has 2 rings (SSSR count). The van der Waals surface area contributed by atoms with Crippen molar-refractivity contribution in [2.45, 2.75) is 78.2 Å². The monoisotopic (exact) mass is 308 g/mol. The summed E-state index contributed by atoms with van der Waals surface area (Å²) < 4.78 is 0. The van der Waals surface area contributed by atoms with E-state index in [1.807, 2.05) is 13.8 Å². The molecule has 1 aliphatic heterocycles. The molecule has 0 atom stereocenters. The molecule has 2 fully saturated rings. The Morgan fingerprint density at radius 1 is 1.18 bits per heavy atom. The molecule has 1 N–H and O–H groups in total. The first-order valence-electron chi connectivity index (χ1n) is 9.53. The van der Waals surface area contributed by atoms with Gasteiger partial charge >= 0.3 is 0 Å². The van der Waals surface area contributed by atoms with Crippen LogP contribution < -0.4 is 5.32 Å². The molecule has 1 saturated carbocycles. The van der Waals surface area contributed by atoms with E-state index in [0.29, 0.717) is 23.7 Å². The van der Waals surface area contributed by atoms with Gasteiger partial charge in [0.1, 0.15) is 5.78 Å². The molecule has 1 aliphatic carbocycles. The average molecular weight is 309 g/mol. The molecule has 22 heavy (non-hydrogen) atoms. The van der Waals surface area contributed by atoms with Gasteiger partial charge in [-0.1, -0.05) is 20.8 Å². The summed E-state index contributed by atoms with van der Waals surface area (Å²) >= 11 is 0. The number of nitrogens with zero attached hydrogens (tertiary/aromatic N) is 1. The summed E-state index contributed by atoms with van der Waals surface area (Å²) in [6.45, 7) is 11.1. The van der Waals surface area contributed by atoms with E-state index < -0.39 is 0 Å². The van der Waals surface area contributed by atoms with Gasteiger partial charge in [-0.25, -0.2) is 0 Å². The van der Waals surface area contributed by atoms with Crippen LogP contribution in [0, 0.1) is 11.3 Å². The summed E-state index contributed by atoms with van der Waals surface area (Å²) in [6.07, 6.45) is 10.2. The predicted octanol–water partition coefficient (Wildman–Crippen LogP) is 3.63. The van der Waals surface area contributed by atoms with Crippen molar-refractivity contribution in [3.8, 4) is 0 Å². The highest BCUT2D eigenvalue weighted by Crippen LogP contribution is 2.44. The molecule has 0 bridgehead atoms. The SMILES string of the molecule is CCCN1CCC2(CCC(NCCC(=O)C(C)C)CC2)CC1. The van der Waals surface area contributed by atoms with Crippen LogP contribution in [0.2, 0.25) is 0 Å². The lowest BCUT2D eigenvalue weighted by Gasteiger charge is -2.46. The van der Waals surface area contributed by atoms with Crippen molar-refractivity contribution in [2.24, 2.45) is 11.3 Å². The molecule has 0 aromatic carbocycles. The second-order valence-corrected chi connectivity index (χ2v) is 7.94. The fourth-order valence-electron chi connectivity index (χ4n) is 4.19. The van der Waals surface area contributed by atoms with E-state index in [1.165, 1.54) is 64.6 Å². The fraction of sp³-hybridized carbons (Fsp3) is 0.947. The molecule has 0 radical (unpaired) electrons. The number of nitrogens with one attached hydrogen (secondary N) is 1. The number of rotatable bonds is 7. The second kappa shape index (κ2) is 8.44. The fourth-order valence-corrected chi connectivity index (χ4v) is 4.19. The van der Waals surface area contributed by atoms with E-state index in [1.54, 1.807) is 0 Å². The Hall–Kier alpha value is -0.410. The van der Waals surface area contributed by atoms with Gasteiger partial charge in [0.25, 0.3) is 0 Å². The lowest BCUT2D eigenvalue weighted by atomic mass is 9.67. The van der Waals surface area contributed by atoms with E-state index in [2.05, 4.69) is 17.1 Å². The minimum absolute atomic E-state index is 0.185. The van der Waals surface area contributed by atoms with Gasteiger partial charge in [0.2, 0.25) is 0 Å². The summed E-state index contributed by atoms with van der Waals surface area (Å²) in [6, 6.07) is 0.652. The van der Waals surface area contributed by atoms with Crippen LogP contribution in [0.5, 0.6) is 0 Å². The molecular weight excluding hydrogens is 272 g/mol. The minimum atomic E-state index is 0.185. The zero-order valence-electron chi connectivity index (χ0n) is 15.0. The summed E-state index contributed by atoms with van der Waals surface area (Å²) in [4.78, 5) is 14.3. The zero-order valence-corrected chi connectivity index (χ0v) is 15.0. The molecule has 0 aromatic heterocycles. The number of likely N-dealkylation sites (tertiary alicyclic amines) is 1. The van der Waals surface area contributed by atoms with Crippen molar-refractivity contribution in [2.75, 3.05) is 26.2 Å². The van der Waals surface area contributed by atoms with E-state index in [4.69, 9.17) is 0 Å². The van der Waals surface area contributed by atoms with E-state index in [9.17, 15) is 4.79 Å². The van der Waals surface area contributed by atoms with Gasteiger partial charge in [0.15, 0.2) is 0 Å². The highest BCUT2D eigenvalue weighted by atomic mass is 16.1. The van der Waals surface area contributed by atoms with E-state index in [-0.39, 0.29) is 5.92 Å². The minimum Gasteiger partial charge on any atom is -0.314 e. The molecule has 3 heteroatoms. The van der Waals surface area contributed by atoms with E-state index in [0.717, 1.165) is 6.54 Å². The van der Waals surface area contributed by atoms with Gasteiger partial charge in [-0.2, -0.15) is 0 Å². The van der Waals surface area contributed by atoms with Crippen LogP contribution in [-0.4, -0.2) is 42.9 Å². The van der Waals surface area contributed by atoms with Crippen LogP contribution >= 0.6 is 0 Å². The Morgan fingerprint density at radius 3 is 2.36 bits per heavy atom. The van der Waals surface area contributed by atoms with Gasteiger partial charge in [-0.05, 0) is 70.0 Å². The van der Waals surface area contributed by atoms with Crippen LogP contribution in [0.1, 0.15) is 72.1 Å². The molecule has 0 amide bonds. The van der Waals surface area contributed by atoms with Crippen molar-refractivity contribution in [1.29, 1.82) is 0 Å². The first-order chi connectivity index (χ1) is 10.5. The van der Waals surface area contributed by atoms with Crippen LogP contribution in [0.3, 0.4) is 0 Å². The molecule has 3 nitrogen and oxygen atoms in total.